The summed E-state index contributed by atoms with van der Waals surface area (Å²) >= 11 is 0. The van der Waals surface area contributed by atoms with E-state index >= 15 is 0 Å². The summed E-state index contributed by atoms with van der Waals surface area (Å²) in [6.07, 6.45) is 9.77. The molecule has 3 aliphatic rings. The van der Waals surface area contributed by atoms with Crippen molar-refractivity contribution < 1.29 is 14.6 Å². The SMILES string of the molecule is CCN(CC)CC#CCOC(=O)C(O)(c1ccccc1)C1CCCCC1.c1cnc2cc3c(cc2n1)[C@@H]1CNC[C@H]3C1. The maximum atomic E-state index is 12.8. The Hall–Kier alpha value is -3.31. The van der Waals surface area contributed by atoms with Crippen LogP contribution in [0.25, 0.3) is 11.0 Å². The number of aromatic nitrogens is 2. The summed E-state index contributed by atoms with van der Waals surface area (Å²) in [6.45, 7) is 8.99. The maximum Gasteiger partial charge on any atom is 0.344 e. The highest BCUT2D eigenvalue weighted by atomic mass is 16.5. The number of carbonyl (C=O) groups is 1. The first-order valence-electron chi connectivity index (χ1n) is 15.6. The summed E-state index contributed by atoms with van der Waals surface area (Å²) in [4.78, 5) is 23.8. The number of hydrogen-bond acceptors (Lipinski definition) is 7. The molecule has 2 heterocycles. The van der Waals surface area contributed by atoms with E-state index < -0.39 is 11.6 Å². The summed E-state index contributed by atoms with van der Waals surface area (Å²) in [6, 6.07) is 13.7. The number of esters is 1. The lowest BCUT2D eigenvalue weighted by atomic mass is 9.73. The fourth-order valence-electron chi connectivity index (χ4n) is 6.78. The van der Waals surface area contributed by atoms with Gasteiger partial charge in [0.05, 0.1) is 17.6 Å². The Kier molecular flexibility index (Phi) is 10.2. The van der Waals surface area contributed by atoms with Crippen LogP contribution in [0.15, 0.2) is 54.9 Å². The number of carbonyl (C=O) groups excluding carboxylic acids is 1. The number of hydrogen-bond donors (Lipinski definition) is 2. The molecule has 2 aromatic carbocycles. The van der Waals surface area contributed by atoms with Gasteiger partial charge in [0, 0.05) is 31.4 Å². The molecule has 7 heteroatoms. The lowest BCUT2D eigenvalue weighted by Gasteiger charge is -2.36. The topological polar surface area (TPSA) is 87.6 Å². The van der Waals surface area contributed by atoms with E-state index in [1.165, 1.54) is 17.5 Å². The lowest BCUT2D eigenvalue weighted by Crippen LogP contribution is -2.45. The molecule has 1 unspecified atom stereocenters. The Morgan fingerprint density at radius 3 is 2.19 bits per heavy atom. The highest BCUT2D eigenvalue weighted by molar-refractivity contribution is 5.81. The van der Waals surface area contributed by atoms with E-state index in [2.05, 4.69) is 58.0 Å². The molecule has 2 bridgehead atoms. The van der Waals surface area contributed by atoms with Crippen LogP contribution < -0.4 is 5.32 Å². The van der Waals surface area contributed by atoms with E-state index in [4.69, 9.17) is 4.74 Å². The fraction of sp³-hybridized carbons (Fsp3) is 0.514. The average molecular weight is 569 g/mol. The van der Waals surface area contributed by atoms with Crippen LogP contribution in [0.4, 0.5) is 0 Å². The van der Waals surface area contributed by atoms with Crippen molar-refractivity contribution in [1.29, 1.82) is 0 Å². The zero-order valence-electron chi connectivity index (χ0n) is 25.0. The van der Waals surface area contributed by atoms with E-state index in [1.807, 2.05) is 30.3 Å². The van der Waals surface area contributed by atoms with E-state index in [0.717, 1.165) is 69.3 Å². The Labute approximate surface area is 250 Å². The van der Waals surface area contributed by atoms with Gasteiger partial charge >= 0.3 is 5.97 Å². The fourth-order valence-corrected chi connectivity index (χ4v) is 6.78. The van der Waals surface area contributed by atoms with Gasteiger partial charge in [0.1, 0.15) is 0 Å². The molecule has 3 atom stereocenters. The third kappa shape index (κ3) is 6.67. The number of piperidine rings is 1. The summed E-state index contributed by atoms with van der Waals surface area (Å²) in [7, 11) is 0. The summed E-state index contributed by atoms with van der Waals surface area (Å²) in [5.41, 5.74) is 4.11. The van der Waals surface area contributed by atoms with Crippen molar-refractivity contribution in [3.63, 3.8) is 0 Å². The van der Waals surface area contributed by atoms with Crippen LogP contribution in [0.2, 0.25) is 0 Å². The quantitative estimate of drug-likeness (QED) is 0.301. The molecule has 222 valence electrons. The van der Waals surface area contributed by atoms with Crippen LogP contribution in [0.3, 0.4) is 0 Å². The van der Waals surface area contributed by atoms with E-state index in [1.54, 1.807) is 12.4 Å². The Morgan fingerprint density at radius 1 is 0.976 bits per heavy atom. The van der Waals surface area contributed by atoms with Crippen LogP contribution in [0.5, 0.6) is 0 Å². The van der Waals surface area contributed by atoms with Gasteiger partial charge in [-0.3, -0.25) is 14.9 Å². The normalized spacial score (nSPS) is 21.0. The van der Waals surface area contributed by atoms with Gasteiger partial charge in [-0.1, -0.05) is 75.3 Å². The van der Waals surface area contributed by atoms with Gasteiger partial charge in [0.25, 0.3) is 0 Å². The number of aliphatic hydroxyl groups is 1. The van der Waals surface area contributed by atoms with Crippen molar-refractivity contribution in [1.82, 2.24) is 20.2 Å². The van der Waals surface area contributed by atoms with Crippen LogP contribution in [-0.4, -0.2) is 65.3 Å². The number of ether oxygens (including phenoxy) is 1. The van der Waals surface area contributed by atoms with Crippen LogP contribution in [-0.2, 0) is 15.1 Å². The molecule has 3 aromatic rings. The summed E-state index contributed by atoms with van der Waals surface area (Å²) in [5, 5.41) is 14.9. The zero-order valence-corrected chi connectivity index (χ0v) is 25.0. The molecule has 2 N–H and O–H groups in total. The van der Waals surface area contributed by atoms with Gasteiger partial charge in [-0.2, -0.15) is 0 Å². The molecule has 1 aromatic heterocycles. The molecule has 2 aliphatic carbocycles. The Balaban J connectivity index is 0.000000185. The Morgan fingerprint density at radius 2 is 1.60 bits per heavy atom. The number of rotatable bonds is 7. The van der Waals surface area contributed by atoms with Crippen LogP contribution in [0, 0.1) is 17.8 Å². The van der Waals surface area contributed by atoms with E-state index in [0.29, 0.717) is 23.9 Å². The van der Waals surface area contributed by atoms with Crippen molar-refractivity contribution in [2.24, 2.45) is 5.92 Å². The minimum absolute atomic E-state index is 0.0158. The number of nitrogens with zero attached hydrogens (tertiary/aromatic N) is 3. The van der Waals surface area contributed by atoms with E-state index in [-0.39, 0.29) is 12.5 Å². The largest absolute Gasteiger partial charge is 0.450 e. The molecule has 1 saturated carbocycles. The molecule has 0 radical (unpaired) electrons. The molecular formula is C35H44N4O3. The molecule has 42 heavy (non-hydrogen) atoms. The summed E-state index contributed by atoms with van der Waals surface area (Å²) < 4.78 is 5.38. The van der Waals surface area contributed by atoms with Crippen LogP contribution in [0.1, 0.15) is 80.9 Å². The first kappa shape index (κ1) is 30.2. The first-order chi connectivity index (χ1) is 20.5. The van der Waals surface area contributed by atoms with Crippen LogP contribution >= 0.6 is 0 Å². The van der Waals surface area contributed by atoms with Crippen molar-refractivity contribution in [2.75, 3.05) is 39.3 Å². The highest BCUT2D eigenvalue weighted by Crippen LogP contribution is 2.44. The molecule has 0 amide bonds. The predicted octanol–water partition coefficient (Wildman–Crippen LogP) is 5.15. The number of nitrogens with one attached hydrogen (secondary N) is 1. The molecule has 2 fully saturated rings. The second-order valence-electron chi connectivity index (χ2n) is 11.7. The first-order valence-corrected chi connectivity index (χ1v) is 15.6. The van der Waals surface area contributed by atoms with E-state index in [9.17, 15) is 9.90 Å². The van der Waals surface area contributed by atoms with Gasteiger partial charge in [-0.05, 0) is 73.0 Å². The third-order valence-electron chi connectivity index (χ3n) is 9.22. The number of benzene rings is 2. The van der Waals surface area contributed by atoms with Crippen molar-refractivity contribution in [3.05, 3.63) is 71.5 Å². The molecule has 1 aliphatic heterocycles. The smallest absolute Gasteiger partial charge is 0.344 e. The standard InChI is InChI=1S/C22H31NO3.C13H13N3/c1-3-23(4-2)17-11-12-18-26-21(24)22(25,19-13-7-5-8-14-19)20-15-9-6-10-16-20;1-2-16-13-5-11-9-3-8(6-14-7-9)10(11)4-12(13)15-1/h5,7-8,13-14,20,25H,3-4,6,9-10,15-18H2,1-2H3;1-2,4-5,8-9,14H,3,6-7H2/t;8-,9+. The van der Waals surface area contributed by atoms with Gasteiger partial charge in [-0.25, -0.2) is 4.79 Å². The third-order valence-corrected chi connectivity index (χ3v) is 9.22. The monoisotopic (exact) mass is 568 g/mol. The van der Waals surface area contributed by atoms with Crippen molar-refractivity contribution >= 4 is 17.0 Å². The molecule has 1 saturated heterocycles. The van der Waals surface area contributed by atoms with Gasteiger partial charge < -0.3 is 15.2 Å². The second kappa shape index (κ2) is 14.2. The molecular weight excluding hydrogens is 524 g/mol. The minimum atomic E-state index is -1.58. The maximum absolute atomic E-state index is 12.8. The predicted molar refractivity (Wildman–Crippen MR) is 166 cm³/mol. The molecule has 7 nitrogen and oxygen atoms in total. The second-order valence-corrected chi connectivity index (χ2v) is 11.7. The molecule has 6 rings (SSSR count). The highest BCUT2D eigenvalue weighted by Gasteiger charge is 2.47. The minimum Gasteiger partial charge on any atom is -0.450 e. The van der Waals surface area contributed by atoms with Gasteiger partial charge in [0.2, 0.25) is 0 Å². The lowest BCUT2D eigenvalue weighted by molar-refractivity contribution is -0.174. The zero-order chi connectivity index (χ0) is 29.4. The van der Waals surface area contributed by atoms with Gasteiger partial charge in [-0.15, -0.1) is 0 Å². The average Bonchev–Trinajstić information content (AvgIpc) is 3.29. The van der Waals surface area contributed by atoms with Gasteiger partial charge in [0.15, 0.2) is 12.2 Å². The molecule has 0 spiro atoms. The van der Waals surface area contributed by atoms with Crippen molar-refractivity contribution in [2.45, 2.75) is 69.8 Å². The number of fused-ring (bicyclic) bond motifs is 6. The van der Waals surface area contributed by atoms with Crippen molar-refractivity contribution in [3.8, 4) is 11.8 Å². The summed E-state index contributed by atoms with van der Waals surface area (Å²) in [5.74, 6) is 6.64. The Bertz CT molecular complexity index is 1340.